The summed E-state index contributed by atoms with van der Waals surface area (Å²) in [6, 6.07) is 0. The van der Waals surface area contributed by atoms with Gasteiger partial charge in [0.05, 0.1) is 0 Å². The Morgan fingerprint density at radius 3 is 2.53 bits per heavy atom. The van der Waals surface area contributed by atoms with Gasteiger partial charge < -0.3 is 0 Å². The third-order valence-electron chi connectivity index (χ3n) is 2.04. The fraction of sp³-hybridized carbons (Fsp3) is 0.200. The summed E-state index contributed by atoms with van der Waals surface area (Å²) in [7, 11) is 0. The first kappa shape index (κ1) is 13.4. The van der Waals surface area contributed by atoms with Crippen molar-refractivity contribution < 1.29 is 0 Å². The summed E-state index contributed by atoms with van der Waals surface area (Å²) in [4.78, 5) is 0. The van der Waals surface area contributed by atoms with Gasteiger partial charge >= 0.3 is 0 Å². The first-order valence-electron chi connectivity index (χ1n) is 5.11. The van der Waals surface area contributed by atoms with Crippen molar-refractivity contribution in [2.45, 2.75) is 20.3 Å². The van der Waals surface area contributed by atoms with Crippen LogP contribution < -0.4 is 0 Å². The minimum atomic E-state index is 1.00. The largest absolute Gasteiger partial charge is 0.106 e. The summed E-state index contributed by atoms with van der Waals surface area (Å²) >= 11 is 0. The number of allylic oxidation sites excluding steroid dienone is 9. The summed E-state index contributed by atoms with van der Waals surface area (Å²) in [6.45, 7) is 14.1. The molecule has 1 rings (SSSR count). The zero-order valence-corrected chi connectivity index (χ0v) is 9.79. The van der Waals surface area contributed by atoms with Gasteiger partial charge in [0.2, 0.25) is 0 Å². The van der Waals surface area contributed by atoms with Crippen molar-refractivity contribution in [3.8, 4) is 0 Å². The highest BCUT2D eigenvalue weighted by Crippen LogP contribution is 2.16. The van der Waals surface area contributed by atoms with Gasteiger partial charge in [0.1, 0.15) is 0 Å². The van der Waals surface area contributed by atoms with Crippen LogP contribution in [0.4, 0.5) is 0 Å². The fourth-order valence-electron chi connectivity index (χ4n) is 1.26. The minimum Gasteiger partial charge on any atom is -0.106 e. The Balaban J connectivity index is 0.000000921. The first-order valence-corrected chi connectivity index (χ1v) is 5.11. The molecule has 0 aromatic heterocycles. The molecule has 0 N–H and O–H groups in total. The maximum atomic E-state index is 4.01. The van der Waals surface area contributed by atoms with Crippen molar-refractivity contribution in [2.24, 2.45) is 0 Å². The summed E-state index contributed by atoms with van der Waals surface area (Å²) in [5.41, 5.74) is 3.63. The molecule has 15 heavy (non-hydrogen) atoms. The van der Waals surface area contributed by atoms with Crippen LogP contribution in [0.5, 0.6) is 0 Å². The molecule has 0 unspecified atom stereocenters. The standard InChI is InChI=1S/C13H16.C2H4/c1-4-6-12(3)13-8-5-7-11(2)9-10-13;1-2/h4,6-10H,3,5H2,1-2H3;1-2H2/b6-4-;. The topological polar surface area (TPSA) is 0 Å². The van der Waals surface area contributed by atoms with E-state index in [1.165, 1.54) is 11.1 Å². The van der Waals surface area contributed by atoms with Crippen LogP contribution in [0.3, 0.4) is 0 Å². The minimum absolute atomic E-state index is 1.00. The molecule has 0 fully saturated rings. The average molecular weight is 200 g/mol. The zero-order chi connectivity index (χ0) is 11.7. The molecule has 0 radical (unpaired) electrons. The molecule has 0 heterocycles. The van der Waals surface area contributed by atoms with E-state index >= 15 is 0 Å². The molecule has 0 nitrogen and oxygen atoms in total. The van der Waals surface area contributed by atoms with Crippen molar-refractivity contribution in [1.82, 2.24) is 0 Å². The third kappa shape index (κ3) is 5.02. The van der Waals surface area contributed by atoms with E-state index in [9.17, 15) is 0 Å². The van der Waals surface area contributed by atoms with Crippen molar-refractivity contribution in [3.05, 3.63) is 72.9 Å². The Morgan fingerprint density at radius 2 is 1.93 bits per heavy atom. The van der Waals surface area contributed by atoms with Crippen molar-refractivity contribution >= 4 is 0 Å². The summed E-state index contributed by atoms with van der Waals surface area (Å²) < 4.78 is 0. The Morgan fingerprint density at radius 1 is 1.27 bits per heavy atom. The lowest BCUT2D eigenvalue weighted by atomic mass is 10.1. The van der Waals surface area contributed by atoms with E-state index in [1.807, 2.05) is 19.1 Å². The van der Waals surface area contributed by atoms with Gasteiger partial charge in [-0.25, -0.2) is 0 Å². The number of hydrogen-bond acceptors (Lipinski definition) is 0. The Bertz CT molecular complexity index is 322. The van der Waals surface area contributed by atoms with E-state index in [1.54, 1.807) is 0 Å². The fourth-order valence-corrected chi connectivity index (χ4v) is 1.26. The quantitative estimate of drug-likeness (QED) is 0.445. The van der Waals surface area contributed by atoms with Crippen LogP contribution in [0.15, 0.2) is 72.9 Å². The van der Waals surface area contributed by atoms with Crippen molar-refractivity contribution in [3.63, 3.8) is 0 Å². The lowest BCUT2D eigenvalue weighted by Gasteiger charge is -1.99. The van der Waals surface area contributed by atoms with Crippen LogP contribution in [0.25, 0.3) is 0 Å². The van der Waals surface area contributed by atoms with Crippen molar-refractivity contribution in [2.75, 3.05) is 0 Å². The van der Waals surface area contributed by atoms with Crippen molar-refractivity contribution in [1.29, 1.82) is 0 Å². The number of rotatable bonds is 2. The van der Waals surface area contributed by atoms with E-state index < -0.39 is 0 Å². The molecule has 0 saturated heterocycles. The van der Waals surface area contributed by atoms with E-state index in [-0.39, 0.29) is 0 Å². The molecule has 1 aliphatic carbocycles. The lowest BCUT2D eigenvalue weighted by molar-refractivity contribution is 1.33. The molecule has 0 spiro atoms. The molecule has 0 saturated carbocycles. The molecule has 0 heteroatoms. The van der Waals surface area contributed by atoms with Gasteiger partial charge in [0, 0.05) is 0 Å². The van der Waals surface area contributed by atoms with E-state index in [0.29, 0.717) is 0 Å². The maximum absolute atomic E-state index is 4.01. The maximum Gasteiger partial charge on any atom is -0.0154 e. The molecule has 0 amide bonds. The molecule has 80 valence electrons. The van der Waals surface area contributed by atoms with Crippen LogP contribution in [-0.2, 0) is 0 Å². The van der Waals surface area contributed by atoms with E-state index in [2.05, 4.69) is 51.0 Å². The second-order valence-corrected chi connectivity index (χ2v) is 3.20. The van der Waals surface area contributed by atoms with E-state index in [4.69, 9.17) is 0 Å². The van der Waals surface area contributed by atoms with Gasteiger partial charge in [-0.05, 0) is 31.4 Å². The molecule has 1 aliphatic rings. The highest BCUT2D eigenvalue weighted by molar-refractivity contribution is 5.47. The van der Waals surface area contributed by atoms with Crippen LogP contribution in [-0.4, -0.2) is 0 Å². The molecule has 0 aromatic carbocycles. The van der Waals surface area contributed by atoms with Gasteiger partial charge in [-0.1, -0.05) is 48.6 Å². The lowest BCUT2D eigenvalue weighted by Crippen LogP contribution is -1.79. The van der Waals surface area contributed by atoms with Gasteiger partial charge in [0.15, 0.2) is 0 Å². The average Bonchev–Trinajstić information content (AvgIpc) is 2.46. The van der Waals surface area contributed by atoms with Gasteiger partial charge in [-0.3, -0.25) is 0 Å². The van der Waals surface area contributed by atoms with Crippen LogP contribution in [0, 0.1) is 0 Å². The first-order chi connectivity index (χ1) is 7.24. The molecular formula is C15H20. The van der Waals surface area contributed by atoms with Gasteiger partial charge in [-0.15, -0.1) is 13.2 Å². The van der Waals surface area contributed by atoms with Crippen LogP contribution >= 0.6 is 0 Å². The molecule has 0 bridgehead atoms. The Labute approximate surface area is 93.7 Å². The molecule has 0 aliphatic heterocycles. The Hall–Kier alpha value is -1.56. The monoisotopic (exact) mass is 200 g/mol. The molecular weight excluding hydrogens is 180 g/mol. The molecule has 0 atom stereocenters. The predicted octanol–water partition coefficient (Wildman–Crippen LogP) is 4.75. The number of hydrogen-bond donors (Lipinski definition) is 0. The smallest absolute Gasteiger partial charge is 0.0154 e. The highest BCUT2D eigenvalue weighted by Gasteiger charge is 1.97. The van der Waals surface area contributed by atoms with Crippen LogP contribution in [0.1, 0.15) is 20.3 Å². The highest BCUT2D eigenvalue weighted by atomic mass is 14.0. The second-order valence-electron chi connectivity index (χ2n) is 3.20. The SMILES string of the molecule is C=C.C=C(/C=C\C)C1=CCC=C(C)C=C1. The summed E-state index contributed by atoms with van der Waals surface area (Å²) in [5, 5.41) is 0. The molecule has 0 aromatic rings. The zero-order valence-electron chi connectivity index (χ0n) is 9.79. The second kappa shape index (κ2) is 7.81. The third-order valence-corrected chi connectivity index (χ3v) is 2.04. The predicted molar refractivity (Wildman–Crippen MR) is 70.8 cm³/mol. The van der Waals surface area contributed by atoms with Gasteiger partial charge in [0.25, 0.3) is 0 Å². The normalized spacial score (nSPS) is 14.8. The Kier molecular flexibility index (Phi) is 7.00. The summed E-state index contributed by atoms with van der Waals surface area (Å²) in [5.74, 6) is 0. The van der Waals surface area contributed by atoms with Gasteiger partial charge in [-0.2, -0.15) is 0 Å². The summed E-state index contributed by atoms with van der Waals surface area (Å²) in [6.07, 6.45) is 13.7. The van der Waals surface area contributed by atoms with Crippen LogP contribution in [0.2, 0.25) is 0 Å². The van der Waals surface area contributed by atoms with E-state index in [0.717, 1.165) is 12.0 Å².